The van der Waals surface area contributed by atoms with Gasteiger partial charge in [-0.15, -0.1) is 0 Å². The highest BCUT2D eigenvalue weighted by Crippen LogP contribution is 2.33. The molecule has 1 aliphatic heterocycles. The minimum Gasteiger partial charge on any atom is -0.339 e. The highest BCUT2D eigenvalue weighted by Gasteiger charge is 2.29. The zero-order chi connectivity index (χ0) is 11.9. The van der Waals surface area contributed by atoms with Crippen LogP contribution >= 0.6 is 0 Å². The van der Waals surface area contributed by atoms with Gasteiger partial charge in [-0.1, -0.05) is 29.4 Å². The zero-order valence-corrected chi connectivity index (χ0v) is 10.1. The summed E-state index contributed by atoms with van der Waals surface area (Å²) in [5.41, 5.74) is 2.86. The van der Waals surface area contributed by atoms with Crippen molar-refractivity contribution in [3.8, 4) is 0 Å². The van der Waals surface area contributed by atoms with Crippen LogP contribution in [0.25, 0.3) is 0 Å². The largest absolute Gasteiger partial charge is 0.339 e. The summed E-state index contributed by atoms with van der Waals surface area (Å²) in [7, 11) is 0. The van der Waals surface area contributed by atoms with E-state index in [2.05, 4.69) is 39.7 Å². The van der Waals surface area contributed by atoms with Gasteiger partial charge in [-0.2, -0.15) is 4.98 Å². The molecule has 1 aliphatic carbocycles. The number of hydrogen-bond donors (Lipinski definition) is 1. The monoisotopic (exact) mass is 241 g/mol. The van der Waals surface area contributed by atoms with Gasteiger partial charge in [0.2, 0.25) is 5.89 Å². The molecule has 2 aliphatic rings. The van der Waals surface area contributed by atoms with Crippen molar-refractivity contribution in [2.24, 2.45) is 0 Å². The van der Waals surface area contributed by atoms with Crippen LogP contribution in [0.2, 0.25) is 0 Å². The molecule has 0 atom stereocenters. The summed E-state index contributed by atoms with van der Waals surface area (Å²) in [5.74, 6) is 2.51. The maximum Gasteiger partial charge on any atom is 0.232 e. The molecule has 1 aromatic heterocycles. The normalized spacial score (nSPS) is 19.8. The summed E-state index contributed by atoms with van der Waals surface area (Å²) in [4.78, 5) is 4.58. The van der Waals surface area contributed by atoms with Crippen molar-refractivity contribution in [3.63, 3.8) is 0 Å². The van der Waals surface area contributed by atoms with Crippen molar-refractivity contribution >= 4 is 0 Å². The summed E-state index contributed by atoms with van der Waals surface area (Å²) in [5, 5.41) is 7.40. The minimum absolute atomic E-state index is 0.396. The van der Waals surface area contributed by atoms with Crippen LogP contribution in [0.15, 0.2) is 28.8 Å². The second-order valence-corrected chi connectivity index (χ2v) is 5.22. The molecular formula is C14H15N3O. The lowest BCUT2D eigenvalue weighted by atomic mass is 10.0. The third-order valence-electron chi connectivity index (χ3n) is 4.00. The van der Waals surface area contributed by atoms with Gasteiger partial charge in [-0.05, 0) is 24.0 Å². The Balaban J connectivity index is 1.56. The van der Waals surface area contributed by atoms with Crippen molar-refractivity contribution in [3.05, 3.63) is 47.1 Å². The molecule has 1 N–H and O–H groups in total. The Hall–Kier alpha value is -1.68. The first kappa shape index (κ1) is 10.3. The van der Waals surface area contributed by atoms with Gasteiger partial charge in [-0.25, -0.2) is 0 Å². The average molecular weight is 241 g/mol. The van der Waals surface area contributed by atoms with Gasteiger partial charge in [0.25, 0.3) is 0 Å². The molecule has 0 saturated carbocycles. The van der Waals surface area contributed by atoms with E-state index in [1.807, 2.05) is 0 Å². The molecule has 18 heavy (non-hydrogen) atoms. The Bertz CT molecular complexity index is 549. The molecule has 4 nitrogen and oxygen atoms in total. The Kier molecular flexibility index (Phi) is 2.23. The van der Waals surface area contributed by atoms with Crippen LogP contribution in [0, 0.1) is 0 Å². The minimum atomic E-state index is 0.396. The Morgan fingerprint density at radius 1 is 1.06 bits per heavy atom. The molecule has 0 radical (unpaired) electrons. The Labute approximate surface area is 105 Å². The smallest absolute Gasteiger partial charge is 0.232 e. The third kappa shape index (κ3) is 1.56. The standard InChI is InChI=1S/C14H15N3O/c1-2-4-10-6-11(5-9(10)3-1)13-16-14(18-17-13)12-7-15-8-12/h1-4,11-12,15H,5-8H2. The first-order valence-corrected chi connectivity index (χ1v) is 6.51. The molecule has 4 heteroatoms. The van der Waals surface area contributed by atoms with E-state index in [9.17, 15) is 0 Å². The maximum atomic E-state index is 5.38. The number of nitrogens with one attached hydrogen (secondary N) is 1. The highest BCUT2D eigenvalue weighted by atomic mass is 16.5. The SMILES string of the molecule is c1ccc2c(c1)CC(c1noc(C3CNC3)n1)C2. The van der Waals surface area contributed by atoms with Gasteiger partial charge < -0.3 is 9.84 Å². The van der Waals surface area contributed by atoms with Crippen molar-refractivity contribution in [2.45, 2.75) is 24.7 Å². The second-order valence-electron chi connectivity index (χ2n) is 5.22. The van der Waals surface area contributed by atoms with Crippen molar-refractivity contribution in [1.29, 1.82) is 0 Å². The molecule has 0 spiro atoms. The molecule has 92 valence electrons. The van der Waals surface area contributed by atoms with Crippen molar-refractivity contribution < 1.29 is 4.52 Å². The van der Waals surface area contributed by atoms with Crippen LogP contribution in [0.5, 0.6) is 0 Å². The molecule has 2 heterocycles. The molecule has 1 fully saturated rings. The second kappa shape index (κ2) is 3.92. The van der Waals surface area contributed by atoms with Crippen LogP contribution in [0.3, 0.4) is 0 Å². The van der Waals surface area contributed by atoms with Crippen LogP contribution in [0.4, 0.5) is 0 Å². The molecular weight excluding hydrogens is 226 g/mol. The first-order valence-electron chi connectivity index (χ1n) is 6.51. The van der Waals surface area contributed by atoms with Gasteiger partial charge in [0.05, 0.1) is 5.92 Å². The summed E-state index contributed by atoms with van der Waals surface area (Å²) in [6, 6.07) is 8.60. The number of fused-ring (bicyclic) bond motifs is 1. The first-order chi connectivity index (χ1) is 8.90. The summed E-state index contributed by atoms with van der Waals surface area (Å²) in [6.07, 6.45) is 2.08. The Morgan fingerprint density at radius 2 is 1.78 bits per heavy atom. The number of nitrogens with zero attached hydrogens (tertiary/aromatic N) is 2. The zero-order valence-electron chi connectivity index (χ0n) is 10.1. The van der Waals surface area contributed by atoms with E-state index >= 15 is 0 Å². The molecule has 1 aromatic carbocycles. The number of benzene rings is 1. The van der Waals surface area contributed by atoms with Gasteiger partial charge in [0, 0.05) is 19.0 Å². The lowest BCUT2D eigenvalue weighted by Crippen LogP contribution is -2.40. The van der Waals surface area contributed by atoms with E-state index < -0.39 is 0 Å². The van der Waals surface area contributed by atoms with Gasteiger partial charge in [0.1, 0.15) is 0 Å². The van der Waals surface area contributed by atoms with E-state index in [0.717, 1.165) is 37.6 Å². The lowest BCUT2D eigenvalue weighted by Gasteiger charge is -2.22. The molecule has 2 aromatic rings. The lowest BCUT2D eigenvalue weighted by molar-refractivity contribution is 0.305. The van der Waals surface area contributed by atoms with Crippen LogP contribution < -0.4 is 5.32 Å². The number of aromatic nitrogens is 2. The van der Waals surface area contributed by atoms with Crippen molar-refractivity contribution in [2.75, 3.05) is 13.1 Å². The van der Waals surface area contributed by atoms with Crippen LogP contribution in [-0.4, -0.2) is 23.2 Å². The molecule has 0 unspecified atom stereocenters. The fourth-order valence-corrected chi connectivity index (χ4v) is 2.78. The predicted molar refractivity (Wildman–Crippen MR) is 66.5 cm³/mol. The average Bonchev–Trinajstić information content (AvgIpc) is 2.91. The molecule has 0 amide bonds. The predicted octanol–water partition coefficient (Wildman–Crippen LogP) is 1.64. The van der Waals surface area contributed by atoms with Gasteiger partial charge in [0.15, 0.2) is 5.82 Å². The Morgan fingerprint density at radius 3 is 2.39 bits per heavy atom. The quantitative estimate of drug-likeness (QED) is 0.868. The van der Waals surface area contributed by atoms with Crippen LogP contribution in [0.1, 0.15) is 34.7 Å². The fraction of sp³-hybridized carbons (Fsp3) is 0.429. The summed E-state index contributed by atoms with van der Waals surface area (Å²) in [6.45, 7) is 1.93. The van der Waals surface area contributed by atoms with Gasteiger partial charge in [-0.3, -0.25) is 0 Å². The fourth-order valence-electron chi connectivity index (χ4n) is 2.78. The van der Waals surface area contributed by atoms with E-state index in [1.165, 1.54) is 11.1 Å². The topological polar surface area (TPSA) is 51.0 Å². The third-order valence-corrected chi connectivity index (χ3v) is 4.00. The van der Waals surface area contributed by atoms with Gasteiger partial charge >= 0.3 is 0 Å². The number of hydrogen-bond acceptors (Lipinski definition) is 4. The maximum absolute atomic E-state index is 5.38. The highest BCUT2D eigenvalue weighted by molar-refractivity contribution is 5.34. The van der Waals surface area contributed by atoms with Crippen LogP contribution in [-0.2, 0) is 12.8 Å². The molecule has 0 bridgehead atoms. The van der Waals surface area contributed by atoms with Crippen molar-refractivity contribution in [1.82, 2.24) is 15.5 Å². The van der Waals surface area contributed by atoms with E-state index in [1.54, 1.807) is 0 Å². The van der Waals surface area contributed by atoms with E-state index in [4.69, 9.17) is 4.52 Å². The van der Waals surface area contributed by atoms with E-state index in [-0.39, 0.29) is 0 Å². The molecule has 1 saturated heterocycles. The number of rotatable bonds is 2. The summed E-state index contributed by atoms with van der Waals surface area (Å²) >= 11 is 0. The van der Waals surface area contributed by atoms with E-state index in [0.29, 0.717) is 11.8 Å². The summed E-state index contributed by atoms with van der Waals surface area (Å²) < 4.78 is 5.38. The molecule has 4 rings (SSSR count).